The minimum atomic E-state index is -0.0316. The van der Waals surface area contributed by atoms with Gasteiger partial charge >= 0.3 is 0 Å². The van der Waals surface area contributed by atoms with Crippen molar-refractivity contribution in [3.8, 4) is 11.3 Å². The van der Waals surface area contributed by atoms with E-state index >= 15 is 0 Å². The summed E-state index contributed by atoms with van der Waals surface area (Å²) in [6, 6.07) is 5.70. The van der Waals surface area contributed by atoms with E-state index < -0.39 is 0 Å². The van der Waals surface area contributed by atoms with E-state index in [2.05, 4.69) is 10.4 Å². The van der Waals surface area contributed by atoms with Crippen molar-refractivity contribution in [1.82, 2.24) is 15.1 Å². The largest absolute Gasteiger partial charge is 0.464 e. The number of rotatable bonds is 5. The first-order valence-electron chi connectivity index (χ1n) is 7.47. The predicted molar refractivity (Wildman–Crippen MR) is 90.8 cm³/mol. The van der Waals surface area contributed by atoms with E-state index in [9.17, 15) is 4.79 Å². The molecule has 120 valence electrons. The second-order valence-corrected chi connectivity index (χ2v) is 6.40. The van der Waals surface area contributed by atoms with Crippen molar-refractivity contribution in [2.45, 2.75) is 27.3 Å². The fourth-order valence-corrected chi connectivity index (χ4v) is 3.42. The van der Waals surface area contributed by atoms with Crippen LogP contribution in [0.1, 0.15) is 26.6 Å². The van der Waals surface area contributed by atoms with E-state index in [1.807, 2.05) is 49.0 Å². The van der Waals surface area contributed by atoms with Gasteiger partial charge in [-0.1, -0.05) is 0 Å². The SMILES string of the molecule is Cc1csc(C(=O)NCCn2nc(C)c(-c3ccco3)c2C)c1. The Bertz CT molecular complexity index is 815. The van der Waals surface area contributed by atoms with Crippen LogP contribution in [0.4, 0.5) is 0 Å². The Balaban J connectivity index is 1.65. The molecule has 0 saturated carbocycles. The molecule has 0 aliphatic rings. The van der Waals surface area contributed by atoms with Crippen molar-refractivity contribution in [2.24, 2.45) is 0 Å². The third-order valence-electron chi connectivity index (χ3n) is 3.71. The molecule has 0 saturated heterocycles. The first-order chi connectivity index (χ1) is 11.1. The minimum Gasteiger partial charge on any atom is -0.464 e. The predicted octanol–water partition coefficient (Wildman–Crippen LogP) is 3.56. The number of carbonyl (C=O) groups excluding carboxylic acids is 1. The molecule has 0 aliphatic heterocycles. The van der Waals surface area contributed by atoms with Crippen LogP contribution in [-0.2, 0) is 6.54 Å². The molecule has 0 aromatic carbocycles. The maximum Gasteiger partial charge on any atom is 0.261 e. The van der Waals surface area contributed by atoms with Gasteiger partial charge in [0.1, 0.15) is 5.76 Å². The summed E-state index contributed by atoms with van der Waals surface area (Å²) in [5, 5.41) is 9.46. The molecule has 3 heterocycles. The van der Waals surface area contributed by atoms with Crippen LogP contribution in [0.15, 0.2) is 34.3 Å². The van der Waals surface area contributed by atoms with Crippen molar-refractivity contribution in [2.75, 3.05) is 6.54 Å². The van der Waals surface area contributed by atoms with Crippen molar-refractivity contribution in [3.63, 3.8) is 0 Å². The Morgan fingerprint density at radius 3 is 2.87 bits per heavy atom. The normalized spacial score (nSPS) is 10.9. The van der Waals surface area contributed by atoms with Crippen molar-refractivity contribution >= 4 is 17.2 Å². The van der Waals surface area contributed by atoms with Gasteiger partial charge in [-0.2, -0.15) is 5.10 Å². The molecule has 1 N–H and O–H groups in total. The number of carbonyl (C=O) groups is 1. The van der Waals surface area contributed by atoms with Gasteiger partial charge in [0.2, 0.25) is 0 Å². The first-order valence-corrected chi connectivity index (χ1v) is 8.35. The summed E-state index contributed by atoms with van der Waals surface area (Å²) in [6.45, 7) is 7.13. The third kappa shape index (κ3) is 3.22. The van der Waals surface area contributed by atoms with Crippen LogP contribution in [-0.4, -0.2) is 22.2 Å². The molecule has 3 aromatic rings. The van der Waals surface area contributed by atoms with E-state index in [0.717, 1.165) is 33.2 Å². The topological polar surface area (TPSA) is 60.1 Å². The fourth-order valence-electron chi connectivity index (χ4n) is 2.60. The fraction of sp³-hybridized carbons (Fsp3) is 0.294. The molecule has 5 nitrogen and oxygen atoms in total. The maximum atomic E-state index is 12.0. The van der Waals surface area contributed by atoms with E-state index in [0.29, 0.717) is 13.1 Å². The second kappa shape index (κ2) is 6.42. The molecule has 3 rings (SSSR count). The van der Waals surface area contributed by atoms with Gasteiger partial charge in [-0.05, 0) is 49.9 Å². The molecule has 0 atom stereocenters. The quantitative estimate of drug-likeness (QED) is 0.778. The third-order valence-corrected chi connectivity index (χ3v) is 4.76. The molecule has 0 radical (unpaired) electrons. The van der Waals surface area contributed by atoms with E-state index in [1.165, 1.54) is 11.3 Å². The average molecular weight is 329 g/mol. The number of furan rings is 1. The number of nitrogens with zero attached hydrogens (tertiary/aromatic N) is 2. The molecule has 0 fully saturated rings. The highest BCUT2D eigenvalue weighted by Crippen LogP contribution is 2.27. The zero-order valence-electron chi connectivity index (χ0n) is 13.4. The molecular weight excluding hydrogens is 310 g/mol. The Morgan fingerprint density at radius 1 is 1.39 bits per heavy atom. The number of hydrogen-bond donors (Lipinski definition) is 1. The van der Waals surface area contributed by atoms with E-state index in [4.69, 9.17) is 4.42 Å². The smallest absolute Gasteiger partial charge is 0.261 e. The summed E-state index contributed by atoms with van der Waals surface area (Å²) in [5.41, 5.74) is 4.10. The lowest BCUT2D eigenvalue weighted by Gasteiger charge is -2.06. The Labute approximate surface area is 138 Å². The molecule has 6 heteroatoms. The molecule has 3 aromatic heterocycles. The average Bonchev–Trinajstić information content (AvgIpc) is 3.22. The number of hydrogen-bond acceptors (Lipinski definition) is 4. The van der Waals surface area contributed by atoms with Gasteiger partial charge in [0.05, 0.1) is 28.9 Å². The molecule has 0 bridgehead atoms. The number of aryl methyl sites for hydroxylation is 2. The van der Waals surface area contributed by atoms with Crippen LogP contribution in [0, 0.1) is 20.8 Å². The van der Waals surface area contributed by atoms with Crippen LogP contribution >= 0.6 is 11.3 Å². The van der Waals surface area contributed by atoms with Crippen molar-refractivity contribution in [3.05, 3.63) is 51.7 Å². The lowest BCUT2D eigenvalue weighted by molar-refractivity contribution is 0.0956. The number of aromatic nitrogens is 2. The van der Waals surface area contributed by atoms with Crippen LogP contribution in [0.2, 0.25) is 0 Å². The van der Waals surface area contributed by atoms with Crippen molar-refractivity contribution in [1.29, 1.82) is 0 Å². The molecule has 23 heavy (non-hydrogen) atoms. The Kier molecular flexibility index (Phi) is 4.34. The van der Waals surface area contributed by atoms with Gasteiger partial charge in [0.25, 0.3) is 5.91 Å². The van der Waals surface area contributed by atoms with Gasteiger partial charge in [0, 0.05) is 12.2 Å². The summed E-state index contributed by atoms with van der Waals surface area (Å²) in [4.78, 5) is 12.8. The summed E-state index contributed by atoms with van der Waals surface area (Å²) in [7, 11) is 0. The highest BCUT2D eigenvalue weighted by molar-refractivity contribution is 7.12. The van der Waals surface area contributed by atoms with Crippen molar-refractivity contribution < 1.29 is 9.21 Å². The monoisotopic (exact) mass is 329 g/mol. The van der Waals surface area contributed by atoms with Gasteiger partial charge in [-0.15, -0.1) is 11.3 Å². The van der Waals surface area contributed by atoms with Crippen LogP contribution < -0.4 is 5.32 Å². The second-order valence-electron chi connectivity index (χ2n) is 5.49. The lowest BCUT2D eigenvalue weighted by Crippen LogP contribution is -2.27. The summed E-state index contributed by atoms with van der Waals surface area (Å²) in [5.74, 6) is 0.792. The zero-order valence-corrected chi connectivity index (χ0v) is 14.2. The highest BCUT2D eigenvalue weighted by Gasteiger charge is 2.15. The van der Waals surface area contributed by atoms with Crippen LogP contribution in [0.3, 0.4) is 0 Å². The Morgan fingerprint density at radius 2 is 2.22 bits per heavy atom. The number of nitrogens with one attached hydrogen (secondary N) is 1. The number of thiophene rings is 1. The van der Waals surface area contributed by atoms with Gasteiger partial charge < -0.3 is 9.73 Å². The summed E-state index contributed by atoms with van der Waals surface area (Å²) in [6.07, 6.45) is 1.66. The molecular formula is C17H19N3O2S. The highest BCUT2D eigenvalue weighted by atomic mass is 32.1. The number of amides is 1. The molecule has 1 amide bonds. The summed E-state index contributed by atoms with van der Waals surface area (Å²) >= 11 is 1.47. The van der Waals surface area contributed by atoms with Crippen LogP contribution in [0.5, 0.6) is 0 Å². The molecule has 0 aliphatic carbocycles. The van der Waals surface area contributed by atoms with Gasteiger partial charge in [-0.25, -0.2) is 0 Å². The standard InChI is InChI=1S/C17H19N3O2S/c1-11-9-15(23-10-11)17(21)18-6-7-20-13(3)16(12(2)19-20)14-5-4-8-22-14/h4-5,8-10H,6-7H2,1-3H3,(H,18,21). The summed E-state index contributed by atoms with van der Waals surface area (Å²) < 4.78 is 7.39. The zero-order chi connectivity index (χ0) is 16.4. The molecule has 0 unspecified atom stereocenters. The maximum absolute atomic E-state index is 12.0. The minimum absolute atomic E-state index is 0.0316. The lowest BCUT2D eigenvalue weighted by atomic mass is 10.1. The van der Waals surface area contributed by atoms with E-state index in [1.54, 1.807) is 6.26 Å². The Hall–Kier alpha value is -2.34. The van der Waals surface area contributed by atoms with Gasteiger partial charge in [0.15, 0.2) is 0 Å². The molecule has 0 spiro atoms. The van der Waals surface area contributed by atoms with Crippen LogP contribution in [0.25, 0.3) is 11.3 Å². The van der Waals surface area contributed by atoms with E-state index in [-0.39, 0.29) is 5.91 Å². The van der Waals surface area contributed by atoms with Gasteiger partial charge in [-0.3, -0.25) is 9.48 Å². The first kappa shape index (κ1) is 15.6.